The van der Waals surface area contributed by atoms with Gasteiger partial charge in [-0.25, -0.2) is 9.50 Å². The number of allylic oxidation sites excluding steroid dienone is 2. The summed E-state index contributed by atoms with van der Waals surface area (Å²) in [5, 5.41) is 8.27. The van der Waals surface area contributed by atoms with E-state index in [-0.39, 0.29) is 0 Å². The molecule has 0 radical (unpaired) electrons. The van der Waals surface area contributed by atoms with Gasteiger partial charge in [0, 0.05) is 30.9 Å². The molecule has 0 amide bonds. The van der Waals surface area contributed by atoms with Crippen LogP contribution in [0.25, 0.3) is 11.1 Å². The van der Waals surface area contributed by atoms with E-state index in [9.17, 15) is 0 Å². The van der Waals surface area contributed by atoms with Crippen LogP contribution >= 0.6 is 0 Å². The quantitative estimate of drug-likeness (QED) is 0.790. The van der Waals surface area contributed by atoms with Crippen molar-refractivity contribution in [3.8, 4) is 0 Å². The van der Waals surface area contributed by atoms with Crippen LogP contribution in [0.3, 0.4) is 0 Å². The molecule has 6 nitrogen and oxygen atoms in total. The molecule has 0 bridgehead atoms. The van der Waals surface area contributed by atoms with Gasteiger partial charge in [-0.2, -0.15) is 5.10 Å². The van der Waals surface area contributed by atoms with Gasteiger partial charge in [0.25, 0.3) is 0 Å². The summed E-state index contributed by atoms with van der Waals surface area (Å²) in [7, 11) is 1.78. The van der Waals surface area contributed by atoms with Gasteiger partial charge in [-0.3, -0.25) is 4.99 Å². The molecular weight excluding hydrogens is 312 g/mol. The maximum Gasteiger partial charge on any atom is 0.151 e. The van der Waals surface area contributed by atoms with Crippen molar-refractivity contribution in [1.82, 2.24) is 19.9 Å². The summed E-state index contributed by atoms with van der Waals surface area (Å²) >= 11 is 0. The molecule has 3 N–H and O–H groups in total. The smallest absolute Gasteiger partial charge is 0.151 e. The number of aromatic nitrogens is 3. The molecule has 1 saturated heterocycles. The van der Waals surface area contributed by atoms with Crippen LogP contribution < -0.4 is 11.1 Å². The summed E-state index contributed by atoms with van der Waals surface area (Å²) in [6.07, 6.45) is 11.5. The minimum absolute atomic E-state index is 0.300. The summed E-state index contributed by atoms with van der Waals surface area (Å²) < 4.78 is 1.95. The van der Waals surface area contributed by atoms with Gasteiger partial charge in [-0.15, -0.1) is 0 Å². The maximum atomic E-state index is 6.19. The molecular formula is C19H28N6. The third-order valence-electron chi connectivity index (χ3n) is 5.00. The first-order valence-electron chi connectivity index (χ1n) is 9.16. The lowest BCUT2D eigenvalue weighted by atomic mass is 10.1. The molecule has 0 saturated carbocycles. The summed E-state index contributed by atoms with van der Waals surface area (Å²) in [4.78, 5) is 8.37. The van der Waals surface area contributed by atoms with Crippen LogP contribution in [0.2, 0.25) is 0 Å². The largest absolute Gasteiger partial charge is 0.382 e. The van der Waals surface area contributed by atoms with Gasteiger partial charge in [-0.05, 0) is 37.8 Å². The second-order valence-corrected chi connectivity index (χ2v) is 6.66. The van der Waals surface area contributed by atoms with Gasteiger partial charge >= 0.3 is 0 Å². The van der Waals surface area contributed by atoms with Crippen molar-refractivity contribution < 1.29 is 0 Å². The van der Waals surface area contributed by atoms with Crippen molar-refractivity contribution in [2.24, 2.45) is 4.99 Å². The number of hydrogen-bond donors (Lipinski definition) is 2. The summed E-state index contributed by atoms with van der Waals surface area (Å²) in [6, 6.07) is 3.09. The van der Waals surface area contributed by atoms with Crippen LogP contribution in [-0.4, -0.2) is 33.9 Å². The predicted octanol–water partition coefficient (Wildman–Crippen LogP) is 3.40. The lowest BCUT2D eigenvalue weighted by Crippen LogP contribution is -2.25. The van der Waals surface area contributed by atoms with Crippen molar-refractivity contribution in [3.63, 3.8) is 0 Å². The molecule has 0 unspecified atom stereocenters. The highest BCUT2D eigenvalue weighted by Gasteiger charge is 2.28. The monoisotopic (exact) mass is 340 g/mol. The molecule has 0 aromatic carbocycles. The molecule has 134 valence electrons. The fourth-order valence-corrected chi connectivity index (χ4v) is 3.73. The Balaban J connectivity index is 2.01. The van der Waals surface area contributed by atoms with Crippen LogP contribution in [0.15, 0.2) is 23.5 Å². The number of hydrogen-bond acceptors (Lipinski definition) is 5. The second kappa shape index (κ2) is 7.78. The number of nitrogen functional groups attached to an aromatic ring is 1. The average molecular weight is 340 g/mol. The molecule has 25 heavy (non-hydrogen) atoms. The summed E-state index contributed by atoms with van der Waals surface area (Å²) in [5.74, 6) is 0.501. The number of rotatable bonds is 6. The fraction of sp³-hybridized carbons (Fsp3) is 0.526. The van der Waals surface area contributed by atoms with Crippen LogP contribution in [0.1, 0.15) is 63.3 Å². The first-order chi connectivity index (χ1) is 12.2. The third kappa shape index (κ3) is 3.44. The Kier molecular flexibility index (Phi) is 5.48. The molecule has 2 atom stereocenters. The zero-order valence-corrected chi connectivity index (χ0v) is 15.4. The van der Waals surface area contributed by atoms with E-state index in [1.54, 1.807) is 7.05 Å². The Hall–Kier alpha value is -2.21. The third-order valence-corrected chi connectivity index (χ3v) is 5.00. The van der Waals surface area contributed by atoms with Crippen molar-refractivity contribution in [2.75, 3.05) is 12.8 Å². The SMILES string of the molecule is C/C=C(\C=N/C)c1cc([C@H]2CC[C@@H](CCCC)N2)n2ncnc(N)c12. The van der Waals surface area contributed by atoms with Crippen molar-refractivity contribution in [2.45, 2.75) is 58.0 Å². The normalized spacial score (nSPS) is 21.6. The minimum Gasteiger partial charge on any atom is -0.382 e. The van der Waals surface area contributed by atoms with Crippen LogP contribution in [0.5, 0.6) is 0 Å². The Morgan fingerprint density at radius 1 is 1.48 bits per heavy atom. The van der Waals surface area contributed by atoms with E-state index >= 15 is 0 Å². The van der Waals surface area contributed by atoms with E-state index in [0.29, 0.717) is 17.9 Å². The fourth-order valence-electron chi connectivity index (χ4n) is 3.73. The molecule has 3 heterocycles. The Bertz CT molecular complexity index is 789. The molecule has 1 aliphatic heterocycles. The number of nitrogens with one attached hydrogen (secondary N) is 1. The van der Waals surface area contributed by atoms with E-state index in [0.717, 1.165) is 28.8 Å². The zero-order valence-electron chi connectivity index (χ0n) is 15.4. The molecule has 0 aliphatic carbocycles. The Morgan fingerprint density at radius 2 is 2.32 bits per heavy atom. The Labute approximate surface area is 149 Å². The number of anilines is 1. The molecule has 3 rings (SSSR count). The van der Waals surface area contributed by atoms with E-state index in [2.05, 4.69) is 33.4 Å². The second-order valence-electron chi connectivity index (χ2n) is 6.66. The van der Waals surface area contributed by atoms with Crippen LogP contribution in [0.4, 0.5) is 5.82 Å². The molecule has 2 aromatic heterocycles. The highest BCUT2D eigenvalue weighted by atomic mass is 15.3. The maximum absolute atomic E-state index is 6.19. The van der Waals surface area contributed by atoms with Gasteiger partial charge in [0.15, 0.2) is 5.82 Å². The van der Waals surface area contributed by atoms with Crippen molar-refractivity contribution in [1.29, 1.82) is 0 Å². The number of fused-ring (bicyclic) bond motifs is 1. The summed E-state index contributed by atoms with van der Waals surface area (Å²) in [6.45, 7) is 4.25. The van der Waals surface area contributed by atoms with Gasteiger partial charge < -0.3 is 11.1 Å². The standard InChI is InChI=1S/C19H28N6/c1-4-6-7-14-8-9-16(24-14)17-10-15(13(5-2)11-21-3)18-19(20)22-12-23-25(17)18/h5,10-12,14,16,24H,4,6-9H2,1-3H3,(H2,20,22,23)/b13-5+,21-11-/t14-,16-/m1/s1. The lowest BCUT2D eigenvalue weighted by Gasteiger charge is -2.14. The van der Waals surface area contributed by atoms with Gasteiger partial charge in [0.05, 0.1) is 5.69 Å². The van der Waals surface area contributed by atoms with E-state index in [4.69, 9.17) is 5.73 Å². The molecule has 2 aromatic rings. The first-order valence-corrected chi connectivity index (χ1v) is 9.16. The molecule has 1 aliphatic rings. The van der Waals surface area contributed by atoms with Gasteiger partial charge in [0.1, 0.15) is 11.8 Å². The number of nitrogens with zero attached hydrogens (tertiary/aromatic N) is 4. The Morgan fingerprint density at radius 3 is 3.04 bits per heavy atom. The van der Waals surface area contributed by atoms with Gasteiger partial charge in [0.2, 0.25) is 0 Å². The number of nitrogens with two attached hydrogens (primary N) is 1. The molecule has 0 spiro atoms. The number of aliphatic imine (C=N–C) groups is 1. The van der Waals surface area contributed by atoms with Crippen LogP contribution in [-0.2, 0) is 0 Å². The highest BCUT2D eigenvalue weighted by Crippen LogP contribution is 2.34. The lowest BCUT2D eigenvalue weighted by molar-refractivity contribution is 0.494. The van der Waals surface area contributed by atoms with E-state index in [1.165, 1.54) is 32.0 Å². The number of unbranched alkanes of at least 4 members (excludes halogenated alkanes) is 1. The summed E-state index contributed by atoms with van der Waals surface area (Å²) in [5.41, 5.74) is 10.3. The topological polar surface area (TPSA) is 80.6 Å². The van der Waals surface area contributed by atoms with Crippen LogP contribution in [0, 0.1) is 0 Å². The average Bonchev–Trinajstić information content (AvgIpc) is 3.23. The van der Waals surface area contributed by atoms with E-state index in [1.807, 2.05) is 23.7 Å². The molecule has 1 fully saturated rings. The van der Waals surface area contributed by atoms with E-state index < -0.39 is 0 Å². The zero-order chi connectivity index (χ0) is 17.8. The predicted molar refractivity (Wildman–Crippen MR) is 104 cm³/mol. The highest BCUT2D eigenvalue weighted by molar-refractivity contribution is 6.13. The van der Waals surface area contributed by atoms with Gasteiger partial charge in [-0.1, -0.05) is 25.8 Å². The van der Waals surface area contributed by atoms with Crippen molar-refractivity contribution >= 4 is 23.1 Å². The first kappa shape index (κ1) is 17.6. The minimum atomic E-state index is 0.300. The molecule has 6 heteroatoms. The van der Waals surface area contributed by atoms with Crippen molar-refractivity contribution in [3.05, 3.63) is 29.7 Å².